The maximum absolute atomic E-state index is 10.4. The third-order valence-corrected chi connectivity index (χ3v) is 1.82. The van der Waals surface area contributed by atoms with Crippen LogP contribution in [0.25, 0.3) is 0 Å². The summed E-state index contributed by atoms with van der Waals surface area (Å²) >= 11 is 0. The highest BCUT2D eigenvalue weighted by atomic mass is 16.4. The SMILES string of the molecule is CNC.O=C(O)C1=CC(O)C(O)C(O)C1. The van der Waals surface area contributed by atoms with E-state index in [1.807, 2.05) is 14.1 Å². The lowest BCUT2D eigenvalue weighted by atomic mass is 9.92. The topological polar surface area (TPSA) is 110 Å². The number of hydrogen-bond acceptors (Lipinski definition) is 5. The Labute approximate surface area is 87.9 Å². The number of carboxylic acid groups (broad SMARTS) is 1. The summed E-state index contributed by atoms with van der Waals surface area (Å²) in [5.41, 5.74) is -0.0692. The third-order valence-electron chi connectivity index (χ3n) is 1.82. The van der Waals surface area contributed by atoms with Crippen molar-refractivity contribution in [1.29, 1.82) is 0 Å². The van der Waals surface area contributed by atoms with Crippen LogP contribution in [-0.2, 0) is 4.79 Å². The first-order valence-corrected chi connectivity index (χ1v) is 4.50. The smallest absolute Gasteiger partial charge is 0.331 e. The average Bonchev–Trinajstić information content (AvgIpc) is 2.14. The van der Waals surface area contributed by atoms with Crippen LogP contribution < -0.4 is 5.32 Å². The Morgan fingerprint density at radius 1 is 1.40 bits per heavy atom. The summed E-state index contributed by atoms with van der Waals surface area (Å²) in [5.74, 6) is -1.18. The Morgan fingerprint density at radius 3 is 2.20 bits per heavy atom. The van der Waals surface area contributed by atoms with E-state index in [1.54, 1.807) is 0 Å². The first-order valence-electron chi connectivity index (χ1n) is 4.50. The van der Waals surface area contributed by atoms with Crippen LogP contribution in [0.3, 0.4) is 0 Å². The van der Waals surface area contributed by atoms with Crippen molar-refractivity contribution in [3.05, 3.63) is 11.6 Å². The van der Waals surface area contributed by atoms with Crippen molar-refractivity contribution in [3.8, 4) is 0 Å². The zero-order valence-electron chi connectivity index (χ0n) is 8.71. The summed E-state index contributed by atoms with van der Waals surface area (Å²) in [5, 5.41) is 38.3. The zero-order chi connectivity index (χ0) is 12.0. The Balaban J connectivity index is 0.000000583. The van der Waals surface area contributed by atoms with Gasteiger partial charge in [0.2, 0.25) is 0 Å². The molecule has 0 spiro atoms. The van der Waals surface area contributed by atoms with Gasteiger partial charge >= 0.3 is 5.97 Å². The van der Waals surface area contributed by atoms with Gasteiger partial charge in [-0.15, -0.1) is 0 Å². The van der Waals surface area contributed by atoms with Crippen LogP contribution >= 0.6 is 0 Å². The van der Waals surface area contributed by atoms with E-state index in [2.05, 4.69) is 5.32 Å². The fraction of sp³-hybridized carbons (Fsp3) is 0.667. The number of carboxylic acids is 1. The van der Waals surface area contributed by atoms with Gasteiger partial charge < -0.3 is 25.7 Å². The standard InChI is InChI=1S/C7H10O5.C2H7N/c8-4-1-3(7(11)12)2-5(9)6(4)10;1-3-2/h1,4-6,8-10H,2H2,(H,11,12);3H,1-2H3. The Morgan fingerprint density at radius 2 is 1.87 bits per heavy atom. The first kappa shape index (κ1) is 14.1. The molecule has 0 saturated heterocycles. The molecule has 0 radical (unpaired) electrons. The van der Waals surface area contributed by atoms with Crippen molar-refractivity contribution in [1.82, 2.24) is 5.32 Å². The molecule has 0 amide bonds. The highest BCUT2D eigenvalue weighted by Crippen LogP contribution is 2.19. The third kappa shape index (κ3) is 4.39. The van der Waals surface area contributed by atoms with Crippen LogP contribution in [0.15, 0.2) is 11.6 Å². The van der Waals surface area contributed by atoms with Gasteiger partial charge in [-0.25, -0.2) is 4.79 Å². The van der Waals surface area contributed by atoms with Gasteiger partial charge in [-0.3, -0.25) is 0 Å². The van der Waals surface area contributed by atoms with Gasteiger partial charge in [0, 0.05) is 12.0 Å². The quantitative estimate of drug-likeness (QED) is 0.360. The normalized spacial score (nSPS) is 29.9. The minimum atomic E-state index is -1.29. The molecule has 0 aromatic heterocycles. The molecule has 0 heterocycles. The number of aliphatic hydroxyl groups is 3. The molecule has 6 heteroatoms. The number of aliphatic carboxylic acids is 1. The number of hydrogen-bond donors (Lipinski definition) is 5. The summed E-state index contributed by atoms with van der Waals surface area (Å²) in [6.45, 7) is 0. The molecule has 3 atom stereocenters. The molecule has 0 fully saturated rings. The predicted octanol–water partition coefficient (Wildman–Crippen LogP) is -1.68. The van der Waals surface area contributed by atoms with Crippen LogP contribution in [0.2, 0.25) is 0 Å². The minimum Gasteiger partial charge on any atom is -0.478 e. The summed E-state index contributed by atoms with van der Waals surface area (Å²) in [6, 6.07) is 0. The number of rotatable bonds is 1. The van der Waals surface area contributed by atoms with Crippen molar-refractivity contribution >= 4 is 5.97 Å². The maximum atomic E-state index is 10.4. The van der Waals surface area contributed by atoms with Gasteiger partial charge in [0.25, 0.3) is 0 Å². The van der Waals surface area contributed by atoms with Crippen molar-refractivity contribution in [2.75, 3.05) is 14.1 Å². The summed E-state index contributed by atoms with van der Waals surface area (Å²) < 4.78 is 0. The van der Waals surface area contributed by atoms with Gasteiger partial charge in [0.05, 0.1) is 6.10 Å². The highest BCUT2D eigenvalue weighted by Gasteiger charge is 2.31. The Hall–Kier alpha value is -0.950. The molecule has 0 aliphatic heterocycles. The number of carbonyl (C=O) groups is 1. The van der Waals surface area contributed by atoms with Gasteiger partial charge in [0.15, 0.2) is 0 Å². The van der Waals surface area contributed by atoms with E-state index in [-0.39, 0.29) is 12.0 Å². The van der Waals surface area contributed by atoms with Gasteiger partial charge in [-0.05, 0) is 20.2 Å². The lowest BCUT2D eigenvalue weighted by Crippen LogP contribution is -2.40. The molecule has 6 nitrogen and oxygen atoms in total. The zero-order valence-corrected chi connectivity index (χ0v) is 8.71. The van der Waals surface area contributed by atoms with E-state index in [1.165, 1.54) is 0 Å². The van der Waals surface area contributed by atoms with E-state index in [0.717, 1.165) is 6.08 Å². The summed E-state index contributed by atoms with van der Waals surface area (Å²) in [7, 11) is 3.75. The average molecular weight is 219 g/mol. The van der Waals surface area contributed by atoms with Crippen molar-refractivity contribution in [2.45, 2.75) is 24.7 Å². The fourth-order valence-corrected chi connectivity index (χ4v) is 1.11. The molecule has 1 aliphatic carbocycles. The van der Waals surface area contributed by atoms with E-state index in [4.69, 9.17) is 20.4 Å². The Bertz CT molecular complexity index is 241. The van der Waals surface area contributed by atoms with Gasteiger partial charge in [0.1, 0.15) is 12.2 Å². The van der Waals surface area contributed by atoms with Crippen LogP contribution in [0, 0.1) is 0 Å². The lowest BCUT2D eigenvalue weighted by molar-refractivity contribution is -0.134. The lowest BCUT2D eigenvalue weighted by Gasteiger charge is -2.25. The van der Waals surface area contributed by atoms with E-state index >= 15 is 0 Å². The molecular formula is C9H17NO5. The summed E-state index contributed by atoms with van der Waals surface area (Å²) in [4.78, 5) is 10.4. The van der Waals surface area contributed by atoms with Crippen LogP contribution in [0.5, 0.6) is 0 Å². The van der Waals surface area contributed by atoms with Gasteiger partial charge in [-0.1, -0.05) is 0 Å². The largest absolute Gasteiger partial charge is 0.478 e. The molecule has 3 unspecified atom stereocenters. The molecule has 1 rings (SSSR count). The molecule has 5 N–H and O–H groups in total. The van der Waals surface area contributed by atoms with Crippen LogP contribution in [-0.4, -0.2) is 58.8 Å². The number of nitrogens with one attached hydrogen (secondary N) is 1. The summed E-state index contributed by atoms with van der Waals surface area (Å²) in [6.07, 6.45) is -2.86. The molecule has 1 aliphatic rings. The molecule has 15 heavy (non-hydrogen) atoms. The first-order chi connectivity index (χ1) is 6.93. The van der Waals surface area contributed by atoms with E-state index in [0.29, 0.717) is 0 Å². The monoisotopic (exact) mass is 219 g/mol. The molecule has 0 aromatic rings. The second-order valence-corrected chi connectivity index (χ2v) is 3.25. The van der Waals surface area contributed by atoms with Crippen molar-refractivity contribution < 1.29 is 25.2 Å². The van der Waals surface area contributed by atoms with E-state index < -0.39 is 24.3 Å². The number of aliphatic hydroxyl groups excluding tert-OH is 3. The van der Waals surface area contributed by atoms with E-state index in [9.17, 15) is 4.79 Å². The fourth-order valence-electron chi connectivity index (χ4n) is 1.11. The van der Waals surface area contributed by atoms with Crippen molar-refractivity contribution in [3.63, 3.8) is 0 Å². The van der Waals surface area contributed by atoms with Gasteiger partial charge in [-0.2, -0.15) is 0 Å². The Kier molecular flexibility index (Phi) is 6.11. The molecule has 0 saturated carbocycles. The van der Waals surface area contributed by atoms with Crippen LogP contribution in [0.4, 0.5) is 0 Å². The molecule has 88 valence electrons. The maximum Gasteiger partial charge on any atom is 0.331 e. The molecule has 0 bridgehead atoms. The molecular weight excluding hydrogens is 202 g/mol. The second kappa shape index (κ2) is 6.52. The molecule has 0 aromatic carbocycles. The van der Waals surface area contributed by atoms with Crippen LogP contribution in [0.1, 0.15) is 6.42 Å². The predicted molar refractivity (Wildman–Crippen MR) is 53.3 cm³/mol. The highest BCUT2D eigenvalue weighted by molar-refractivity contribution is 5.87. The van der Waals surface area contributed by atoms with Crippen molar-refractivity contribution in [2.24, 2.45) is 0 Å². The minimum absolute atomic E-state index is 0.0692. The second-order valence-electron chi connectivity index (χ2n) is 3.25.